The summed E-state index contributed by atoms with van der Waals surface area (Å²) in [5.41, 5.74) is 3.10. The highest BCUT2D eigenvalue weighted by Gasteiger charge is 2.17. The Bertz CT molecular complexity index is 502. The van der Waals surface area contributed by atoms with Gasteiger partial charge in [0.25, 0.3) is 5.91 Å². The third-order valence-corrected chi connectivity index (χ3v) is 4.80. The van der Waals surface area contributed by atoms with E-state index >= 15 is 0 Å². The number of rotatable bonds is 4. The molecule has 4 nitrogen and oxygen atoms in total. The fourth-order valence-corrected chi connectivity index (χ4v) is 2.51. The van der Waals surface area contributed by atoms with Crippen molar-refractivity contribution in [2.75, 3.05) is 19.3 Å². The molecule has 1 aliphatic rings. The van der Waals surface area contributed by atoms with Crippen LogP contribution in [0, 0.1) is 0 Å². The van der Waals surface area contributed by atoms with Gasteiger partial charge in [-0.3, -0.25) is 9.00 Å². The molecule has 1 amide bonds. The van der Waals surface area contributed by atoms with E-state index in [0.29, 0.717) is 6.54 Å². The van der Waals surface area contributed by atoms with Crippen LogP contribution in [0.2, 0.25) is 0 Å². The molecule has 2 atom stereocenters. The first-order valence-corrected chi connectivity index (χ1v) is 8.13. The molecule has 0 fully saturated rings. The largest absolute Gasteiger partial charge is 0.351 e. The van der Waals surface area contributed by atoms with E-state index in [1.54, 1.807) is 6.26 Å². The molecule has 1 aromatic carbocycles. The molecule has 0 spiro atoms. The topological polar surface area (TPSA) is 58.2 Å². The summed E-state index contributed by atoms with van der Waals surface area (Å²) in [6.07, 6.45) is 2.54. The minimum absolute atomic E-state index is 0.0230. The van der Waals surface area contributed by atoms with E-state index in [1.807, 2.05) is 19.1 Å². The third-order valence-electron chi connectivity index (χ3n) is 3.50. The van der Waals surface area contributed by atoms with Crippen LogP contribution in [0.25, 0.3) is 0 Å². The Morgan fingerprint density at radius 3 is 3.05 bits per heavy atom. The summed E-state index contributed by atoms with van der Waals surface area (Å²) in [5, 5.41) is 6.16. The lowest BCUT2D eigenvalue weighted by Gasteiger charge is -2.20. The molecule has 2 rings (SSSR count). The van der Waals surface area contributed by atoms with Gasteiger partial charge in [0.05, 0.1) is 0 Å². The van der Waals surface area contributed by atoms with Gasteiger partial charge in [0.15, 0.2) is 0 Å². The first-order valence-electron chi connectivity index (χ1n) is 6.51. The lowest BCUT2D eigenvalue weighted by molar-refractivity contribution is 0.0953. The highest BCUT2D eigenvalue weighted by atomic mass is 32.2. The van der Waals surface area contributed by atoms with Crippen molar-refractivity contribution in [2.24, 2.45) is 0 Å². The number of amides is 1. The quantitative estimate of drug-likeness (QED) is 0.859. The Kier molecular flexibility index (Phi) is 4.71. The molecule has 0 aliphatic carbocycles. The smallest absolute Gasteiger partial charge is 0.251 e. The van der Waals surface area contributed by atoms with Gasteiger partial charge in [-0.15, -0.1) is 0 Å². The number of carbonyl (C=O) groups excluding carboxylic acids is 1. The van der Waals surface area contributed by atoms with Crippen LogP contribution in [0.1, 0.15) is 28.4 Å². The summed E-state index contributed by atoms with van der Waals surface area (Å²) in [7, 11) is -0.910. The predicted molar refractivity (Wildman–Crippen MR) is 77.7 cm³/mol. The summed E-state index contributed by atoms with van der Waals surface area (Å²) < 4.78 is 11.3. The zero-order chi connectivity index (χ0) is 13.8. The van der Waals surface area contributed by atoms with Crippen LogP contribution in [0.15, 0.2) is 18.2 Å². The number of carbonyl (C=O) groups is 1. The van der Waals surface area contributed by atoms with Gasteiger partial charge in [-0.2, -0.15) is 0 Å². The number of fused-ring (bicyclic) bond motifs is 1. The van der Waals surface area contributed by atoms with E-state index in [-0.39, 0.29) is 11.2 Å². The van der Waals surface area contributed by atoms with Crippen LogP contribution >= 0.6 is 0 Å². The molecule has 104 valence electrons. The number of benzene rings is 1. The molecule has 0 radical (unpaired) electrons. The lowest BCUT2D eigenvalue weighted by Crippen LogP contribution is -2.34. The summed E-state index contributed by atoms with van der Waals surface area (Å²) in [6.45, 7) is 4.06. The second-order valence-corrected chi connectivity index (χ2v) is 6.69. The molecule has 2 N–H and O–H groups in total. The first kappa shape index (κ1) is 14.2. The van der Waals surface area contributed by atoms with Gasteiger partial charge in [0, 0.05) is 41.0 Å². The molecule has 2 unspecified atom stereocenters. The van der Waals surface area contributed by atoms with Gasteiger partial charge in [-0.25, -0.2) is 0 Å². The van der Waals surface area contributed by atoms with Crippen molar-refractivity contribution in [3.63, 3.8) is 0 Å². The van der Waals surface area contributed by atoms with Crippen molar-refractivity contribution < 1.29 is 9.00 Å². The van der Waals surface area contributed by atoms with Crippen molar-refractivity contribution in [3.8, 4) is 0 Å². The number of hydrogen-bond donors (Lipinski definition) is 2. The van der Waals surface area contributed by atoms with Crippen molar-refractivity contribution in [2.45, 2.75) is 25.1 Å². The van der Waals surface area contributed by atoms with Crippen molar-refractivity contribution in [1.29, 1.82) is 0 Å². The SMILES string of the molecule is CC(CNC(=O)c1cccc2c1CCNC2)S(C)=O. The van der Waals surface area contributed by atoms with Crippen molar-refractivity contribution in [1.82, 2.24) is 10.6 Å². The van der Waals surface area contributed by atoms with Crippen molar-refractivity contribution >= 4 is 16.7 Å². The predicted octanol–water partition coefficient (Wildman–Crippen LogP) is 0.829. The van der Waals surface area contributed by atoms with E-state index in [9.17, 15) is 9.00 Å². The third kappa shape index (κ3) is 3.42. The van der Waals surface area contributed by atoms with Crippen molar-refractivity contribution in [3.05, 3.63) is 34.9 Å². The molecule has 0 aromatic heterocycles. The van der Waals surface area contributed by atoms with E-state index < -0.39 is 10.8 Å². The second kappa shape index (κ2) is 6.30. The lowest BCUT2D eigenvalue weighted by atomic mass is 9.95. The van der Waals surface area contributed by atoms with Crippen LogP contribution in [-0.4, -0.2) is 34.7 Å². The first-order chi connectivity index (χ1) is 9.09. The highest BCUT2D eigenvalue weighted by Crippen LogP contribution is 2.18. The fraction of sp³-hybridized carbons (Fsp3) is 0.500. The molecule has 0 bridgehead atoms. The molecule has 1 aliphatic heterocycles. The van der Waals surface area contributed by atoms with E-state index in [4.69, 9.17) is 0 Å². The summed E-state index contributed by atoms with van der Waals surface area (Å²) >= 11 is 0. The van der Waals surface area contributed by atoms with E-state index in [0.717, 1.165) is 30.6 Å². The molecular formula is C14H20N2O2S. The zero-order valence-corrected chi connectivity index (χ0v) is 12.2. The molecule has 19 heavy (non-hydrogen) atoms. The Hall–Kier alpha value is -1.20. The Balaban J connectivity index is 2.09. The van der Waals surface area contributed by atoms with Crippen LogP contribution in [-0.2, 0) is 23.8 Å². The van der Waals surface area contributed by atoms with Gasteiger partial charge in [-0.1, -0.05) is 12.1 Å². The molecule has 0 saturated heterocycles. The maximum atomic E-state index is 12.2. The summed E-state index contributed by atoms with van der Waals surface area (Å²) in [6, 6.07) is 5.84. The van der Waals surface area contributed by atoms with Crippen LogP contribution in [0.4, 0.5) is 0 Å². The Labute approximate surface area is 116 Å². The normalized spacial score (nSPS) is 17.4. The molecule has 1 heterocycles. The summed E-state index contributed by atoms with van der Waals surface area (Å²) in [4.78, 5) is 12.2. The maximum Gasteiger partial charge on any atom is 0.251 e. The molecule has 0 saturated carbocycles. The second-order valence-electron chi connectivity index (χ2n) is 4.89. The van der Waals surface area contributed by atoms with E-state index in [1.165, 1.54) is 5.56 Å². The number of hydrogen-bond acceptors (Lipinski definition) is 3. The average molecular weight is 280 g/mol. The molecular weight excluding hydrogens is 260 g/mol. The summed E-state index contributed by atoms with van der Waals surface area (Å²) in [5.74, 6) is -0.0592. The van der Waals surface area contributed by atoms with Gasteiger partial charge in [0.2, 0.25) is 0 Å². The van der Waals surface area contributed by atoms with Gasteiger partial charge in [-0.05, 0) is 37.1 Å². The fourth-order valence-electron chi connectivity index (χ4n) is 2.19. The minimum atomic E-state index is -0.910. The van der Waals surface area contributed by atoms with Crippen LogP contribution in [0.5, 0.6) is 0 Å². The molecule has 1 aromatic rings. The Morgan fingerprint density at radius 1 is 1.53 bits per heavy atom. The highest BCUT2D eigenvalue weighted by molar-refractivity contribution is 7.84. The molecule has 5 heteroatoms. The average Bonchev–Trinajstić information content (AvgIpc) is 2.43. The van der Waals surface area contributed by atoms with Gasteiger partial charge >= 0.3 is 0 Å². The van der Waals surface area contributed by atoms with Crippen LogP contribution in [0.3, 0.4) is 0 Å². The monoisotopic (exact) mass is 280 g/mol. The van der Waals surface area contributed by atoms with Gasteiger partial charge in [0.1, 0.15) is 0 Å². The zero-order valence-electron chi connectivity index (χ0n) is 11.4. The standard InChI is InChI=1S/C14H20N2O2S/c1-10(19(2)18)8-16-14(17)13-5-3-4-11-9-15-7-6-12(11)13/h3-5,10,15H,6-9H2,1-2H3,(H,16,17). The van der Waals surface area contributed by atoms with Crippen LogP contribution < -0.4 is 10.6 Å². The Morgan fingerprint density at radius 2 is 2.32 bits per heavy atom. The van der Waals surface area contributed by atoms with Gasteiger partial charge < -0.3 is 10.6 Å². The maximum absolute atomic E-state index is 12.2. The van der Waals surface area contributed by atoms with E-state index in [2.05, 4.69) is 16.7 Å². The number of nitrogens with one attached hydrogen (secondary N) is 2. The minimum Gasteiger partial charge on any atom is -0.351 e.